The Morgan fingerprint density at radius 3 is 2.37 bits per heavy atom. The Labute approximate surface area is 177 Å². The fourth-order valence-corrected chi connectivity index (χ4v) is 3.73. The number of nitrogens with zero attached hydrogens (tertiary/aromatic N) is 4. The minimum Gasteiger partial charge on any atom is -0.493 e. The van der Waals surface area contributed by atoms with Gasteiger partial charge in [0.15, 0.2) is 5.82 Å². The van der Waals surface area contributed by atoms with Crippen LogP contribution in [0.3, 0.4) is 0 Å². The first-order chi connectivity index (χ1) is 14.7. The molecule has 0 atom stereocenters. The number of hydrogen-bond donors (Lipinski definition) is 0. The summed E-state index contributed by atoms with van der Waals surface area (Å²) in [7, 11) is 0. The van der Waals surface area contributed by atoms with Crippen LogP contribution in [0, 0.1) is 6.92 Å². The van der Waals surface area contributed by atoms with Crippen molar-refractivity contribution in [3.63, 3.8) is 0 Å². The minimum absolute atomic E-state index is 0.0136. The maximum atomic E-state index is 13.0. The minimum atomic E-state index is 0.0136. The van der Waals surface area contributed by atoms with Crippen molar-refractivity contribution >= 4 is 11.7 Å². The molecule has 6 heteroatoms. The first-order valence-corrected chi connectivity index (χ1v) is 10.3. The molecular weight excluding hydrogens is 376 g/mol. The van der Waals surface area contributed by atoms with Gasteiger partial charge in [-0.1, -0.05) is 36.4 Å². The van der Waals surface area contributed by atoms with E-state index in [0.29, 0.717) is 31.0 Å². The zero-order valence-corrected chi connectivity index (χ0v) is 17.4. The molecule has 0 aliphatic carbocycles. The highest BCUT2D eigenvalue weighted by molar-refractivity contribution is 5.97. The number of para-hydroxylation sites is 1. The van der Waals surface area contributed by atoms with Crippen LogP contribution < -0.4 is 9.64 Å². The van der Waals surface area contributed by atoms with Gasteiger partial charge in [0.1, 0.15) is 5.75 Å². The molecule has 2 aromatic carbocycles. The molecule has 1 saturated heterocycles. The summed E-state index contributed by atoms with van der Waals surface area (Å²) < 4.78 is 5.62. The lowest BCUT2D eigenvalue weighted by atomic mass is 10.1. The van der Waals surface area contributed by atoms with Crippen LogP contribution in [0.2, 0.25) is 0 Å². The largest absolute Gasteiger partial charge is 0.493 e. The average Bonchev–Trinajstić information content (AvgIpc) is 2.80. The third-order valence-electron chi connectivity index (χ3n) is 5.38. The van der Waals surface area contributed by atoms with Crippen molar-refractivity contribution in [2.75, 3.05) is 37.7 Å². The van der Waals surface area contributed by atoms with Crippen LogP contribution >= 0.6 is 0 Å². The van der Waals surface area contributed by atoms with Gasteiger partial charge in [0.25, 0.3) is 5.91 Å². The van der Waals surface area contributed by atoms with Crippen molar-refractivity contribution in [3.05, 3.63) is 71.8 Å². The van der Waals surface area contributed by atoms with E-state index in [1.54, 1.807) is 0 Å². The average molecular weight is 402 g/mol. The van der Waals surface area contributed by atoms with Crippen LogP contribution in [0.25, 0.3) is 11.3 Å². The summed E-state index contributed by atoms with van der Waals surface area (Å²) in [5.41, 5.74) is 3.77. The van der Waals surface area contributed by atoms with Gasteiger partial charge >= 0.3 is 0 Å². The van der Waals surface area contributed by atoms with E-state index in [-0.39, 0.29) is 5.91 Å². The first-order valence-electron chi connectivity index (χ1n) is 10.3. The number of carbonyl (C=O) groups excluding carboxylic acids is 1. The fourth-order valence-electron chi connectivity index (χ4n) is 3.73. The van der Waals surface area contributed by atoms with Gasteiger partial charge in [-0.3, -0.25) is 4.79 Å². The molecule has 0 radical (unpaired) electrons. The van der Waals surface area contributed by atoms with E-state index in [0.717, 1.165) is 30.2 Å². The Balaban J connectivity index is 1.41. The Morgan fingerprint density at radius 2 is 1.67 bits per heavy atom. The van der Waals surface area contributed by atoms with Crippen molar-refractivity contribution in [3.8, 4) is 17.0 Å². The summed E-state index contributed by atoms with van der Waals surface area (Å²) in [4.78, 5) is 17.0. The first kappa shape index (κ1) is 19.9. The molecule has 0 bridgehead atoms. The Kier molecular flexibility index (Phi) is 5.93. The predicted molar refractivity (Wildman–Crippen MR) is 118 cm³/mol. The van der Waals surface area contributed by atoms with Gasteiger partial charge in [0, 0.05) is 31.7 Å². The highest BCUT2D eigenvalue weighted by Crippen LogP contribution is 2.24. The Hall–Kier alpha value is -3.41. The normalized spacial score (nSPS) is 13.9. The van der Waals surface area contributed by atoms with Gasteiger partial charge in [-0.2, -0.15) is 0 Å². The lowest BCUT2D eigenvalue weighted by Crippen LogP contribution is -2.49. The number of amides is 1. The standard InChI is InChI=1S/C24H26N4O2/c1-3-30-22-11-7-6-10-20(22)24(29)28-16-14-27(15-17-28)23-13-12-21(25-26-23)19-9-5-4-8-18(19)2/h4-13H,3,14-17H2,1-2H3. The molecular formula is C24H26N4O2. The number of aryl methyl sites for hydroxylation is 1. The van der Waals surface area contributed by atoms with Gasteiger partial charge < -0.3 is 14.5 Å². The highest BCUT2D eigenvalue weighted by Gasteiger charge is 2.25. The molecule has 1 aliphatic rings. The van der Waals surface area contributed by atoms with E-state index >= 15 is 0 Å². The predicted octanol–water partition coefficient (Wildman–Crippen LogP) is 3.81. The van der Waals surface area contributed by atoms with Crippen molar-refractivity contribution in [1.29, 1.82) is 0 Å². The number of hydrogen-bond acceptors (Lipinski definition) is 5. The van der Waals surface area contributed by atoms with Gasteiger partial charge in [0.2, 0.25) is 0 Å². The molecule has 1 amide bonds. The highest BCUT2D eigenvalue weighted by atomic mass is 16.5. The number of carbonyl (C=O) groups is 1. The summed E-state index contributed by atoms with van der Waals surface area (Å²) >= 11 is 0. The summed E-state index contributed by atoms with van der Waals surface area (Å²) in [6.45, 7) is 7.26. The Bertz CT molecular complexity index is 1010. The van der Waals surface area contributed by atoms with Gasteiger partial charge in [-0.05, 0) is 43.7 Å². The lowest BCUT2D eigenvalue weighted by molar-refractivity contribution is 0.0742. The van der Waals surface area contributed by atoms with E-state index in [1.165, 1.54) is 5.56 Å². The molecule has 4 rings (SSSR count). The monoisotopic (exact) mass is 402 g/mol. The van der Waals surface area contributed by atoms with Gasteiger partial charge in [-0.25, -0.2) is 0 Å². The summed E-state index contributed by atoms with van der Waals surface area (Å²) in [6, 6.07) is 19.6. The third kappa shape index (κ3) is 4.13. The number of benzene rings is 2. The van der Waals surface area contributed by atoms with Crippen LogP contribution in [-0.4, -0.2) is 53.8 Å². The zero-order chi connectivity index (χ0) is 20.9. The van der Waals surface area contributed by atoms with Gasteiger partial charge in [-0.15, -0.1) is 10.2 Å². The zero-order valence-electron chi connectivity index (χ0n) is 17.4. The fraction of sp³-hybridized carbons (Fsp3) is 0.292. The van der Waals surface area contributed by atoms with Crippen molar-refractivity contribution in [1.82, 2.24) is 15.1 Å². The summed E-state index contributed by atoms with van der Waals surface area (Å²) in [5.74, 6) is 1.50. The lowest BCUT2D eigenvalue weighted by Gasteiger charge is -2.35. The molecule has 0 N–H and O–H groups in total. The molecule has 2 heterocycles. The quantitative estimate of drug-likeness (QED) is 0.649. The SMILES string of the molecule is CCOc1ccccc1C(=O)N1CCN(c2ccc(-c3ccccc3C)nn2)CC1. The maximum Gasteiger partial charge on any atom is 0.257 e. The van der Waals surface area contributed by atoms with Crippen LogP contribution in [-0.2, 0) is 0 Å². The molecule has 154 valence electrons. The van der Waals surface area contributed by atoms with Crippen LogP contribution in [0.1, 0.15) is 22.8 Å². The number of aromatic nitrogens is 2. The molecule has 3 aromatic rings. The summed E-state index contributed by atoms with van der Waals surface area (Å²) in [6.07, 6.45) is 0. The second-order valence-electron chi connectivity index (χ2n) is 7.30. The van der Waals surface area contributed by atoms with E-state index in [1.807, 2.05) is 60.4 Å². The molecule has 30 heavy (non-hydrogen) atoms. The van der Waals surface area contributed by atoms with Gasteiger partial charge in [0.05, 0.1) is 17.9 Å². The smallest absolute Gasteiger partial charge is 0.257 e. The van der Waals surface area contributed by atoms with Crippen molar-refractivity contribution < 1.29 is 9.53 Å². The molecule has 0 unspecified atom stereocenters. The number of piperazine rings is 1. The molecule has 1 fully saturated rings. The number of ether oxygens (including phenoxy) is 1. The van der Waals surface area contributed by atoms with E-state index in [4.69, 9.17) is 4.74 Å². The molecule has 1 aliphatic heterocycles. The topological polar surface area (TPSA) is 58.6 Å². The maximum absolute atomic E-state index is 13.0. The van der Waals surface area contributed by atoms with Crippen molar-refractivity contribution in [2.24, 2.45) is 0 Å². The molecule has 1 aromatic heterocycles. The summed E-state index contributed by atoms with van der Waals surface area (Å²) in [5, 5.41) is 8.87. The number of anilines is 1. The molecule has 6 nitrogen and oxygen atoms in total. The second kappa shape index (κ2) is 8.95. The van der Waals surface area contributed by atoms with Crippen molar-refractivity contribution in [2.45, 2.75) is 13.8 Å². The van der Waals surface area contributed by atoms with Crippen LogP contribution in [0.15, 0.2) is 60.7 Å². The Morgan fingerprint density at radius 1 is 0.933 bits per heavy atom. The molecule has 0 spiro atoms. The third-order valence-corrected chi connectivity index (χ3v) is 5.38. The second-order valence-corrected chi connectivity index (χ2v) is 7.30. The van der Waals surface area contributed by atoms with Crippen LogP contribution in [0.4, 0.5) is 5.82 Å². The number of rotatable bonds is 5. The molecule has 0 saturated carbocycles. The van der Waals surface area contributed by atoms with E-state index < -0.39 is 0 Å². The van der Waals surface area contributed by atoms with E-state index in [9.17, 15) is 4.79 Å². The van der Waals surface area contributed by atoms with E-state index in [2.05, 4.69) is 34.2 Å². The van der Waals surface area contributed by atoms with Crippen LogP contribution in [0.5, 0.6) is 5.75 Å².